The van der Waals surface area contributed by atoms with Crippen LogP contribution in [0.5, 0.6) is 0 Å². The normalized spacial score (nSPS) is 10.9. The van der Waals surface area contributed by atoms with Gasteiger partial charge >= 0.3 is 0 Å². The van der Waals surface area contributed by atoms with Crippen molar-refractivity contribution < 1.29 is 4.79 Å². The fourth-order valence-electron chi connectivity index (χ4n) is 3.48. The summed E-state index contributed by atoms with van der Waals surface area (Å²) in [6, 6.07) is 10.5. The second-order valence-corrected chi connectivity index (χ2v) is 7.97. The quantitative estimate of drug-likeness (QED) is 0.284. The number of rotatable bonds is 19. The number of hydrogen-bond acceptors (Lipinski definition) is 2. The maximum Gasteiger partial charge on any atom is 0.219 e. The van der Waals surface area contributed by atoms with Gasteiger partial charge in [0.1, 0.15) is 0 Å². The lowest BCUT2D eigenvalue weighted by atomic mass is 10.1. The highest BCUT2D eigenvalue weighted by atomic mass is 16.1. The zero-order valence-corrected chi connectivity index (χ0v) is 18.3. The Morgan fingerprint density at radius 3 is 1.96 bits per heavy atom. The summed E-state index contributed by atoms with van der Waals surface area (Å²) in [6.07, 6.45) is 17.3. The van der Waals surface area contributed by atoms with Crippen LogP contribution >= 0.6 is 0 Å². The second-order valence-electron chi connectivity index (χ2n) is 7.97. The molecular weight excluding hydrogens is 344 g/mol. The van der Waals surface area contributed by atoms with Crippen LogP contribution in [0, 0.1) is 0 Å². The van der Waals surface area contributed by atoms with Crippen LogP contribution in [0.2, 0.25) is 0 Å². The van der Waals surface area contributed by atoms with Crippen molar-refractivity contribution >= 4 is 5.91 Å². The zero-order chi connectivity index (χ0) is 20.1. The predicted octanol–water partition coefficient (Wildman–Crippen LogP) is 6.03. The first-order chi connectivity index (χ1) is 13.8. The minimum atomic E-state index is 0.222. The van der Waals surface area contributed by atoms with Crippen LogP contribution in [-0.2, 0) is 11.2 Å². The Hall–Kier alpha value is -1.35. The fourth-order valence-corrected chi connectivity index (χ4v) is 3.48. The van der Waals surface area contributed by atoms with Gasteiger partial charge in [0.25, 0.3) is 0 Å². The van der Waals surface area contributed by atoms with Crippen molar-refractivity contribution in [1.82, 2.24) is 10.6 Å². The standard InChI is InChI=1S/C25H44N2O/c1-2-3-4-5-6-7-8-9-10-11-15-19-25(28)27-22-16-21-26-23-20-24-17-13-12-14-18-24/h12-14,17-18,26H,2-11,15-16,19-23H2,1H3,(H,27,28). The third-order valence-electron chi connectivity index (χ3n) is 5.29. The lowest BCUT2D eigenvalue weighted by molar-refractivity contribution is -0.121. The van der Waals surface area contributed by atoms with Crippen LogP contribution < -0.4 is 10.6 Å². The van der Waals surface area contributed by atoms with Crippen molar-refractivity contribution in [3.05, 3.63) is 35.9 Å². The molecule has 0 aliphatic carbocycles. The highest BCUT2D eigenvalue weighted by Gasteiger charge is 2.00. The van der Waals surface area contributed by atoms with Crippen molar-refractivity contribution in [1.29, 1.82) is 0 Å². The van der Waals surface area contributed by atoms with Crippen molar-refractivity contribution in [2.45, 2.75) is 96.8 Å². The third-order valence-corrected chi connectivity index (χ3v) is 5.29. The zero-order valence-electron chi connectivity index (χ0n) is 18.3. The number of unbranched alkanes of at least 4 members (excludes halogenated alkanes) is 10. The van der Waals surface area contributed by atoms with Crippen LogP contribution in [0.15, 0.2) is 30.3 Å². The Morgan fingerprint density at radius 1 is 0.714 bits per heavy atom. The Labute approximate surface area is 174 Å². The molecule has 0 saturated carbocycles. The van der Waals surface area contributed by atoms with Crippen molar-refractivity contribution in [3.8, 4) is 0 Å². The molecule has 0 atom stereocenters. The van der Waals surface area contributed by atoms with E-state index in [0.29, 0.717) is 6.42 Å². The third kappa shape index (κ3) is 15.7. The molecule has 0 aliphatic rings. The monoisotopic (exact) mass is 388 g/mol. The number of carbonyl (C=O) groups excluding carboxylic acids is 1. The van der Waals surface area contributed by atoms with E-state index in [9.17, 15) is 4.79 Å². The molecule has 2 N–H and O–H groups in total. The first-order valence-corrected chi connectivity index (χ1v) is 11.8. The molecule has 0 saturated heterocycles. The van der Waals surface area contributed by atoms with E-state index in [1.54, 1.807) is 0 Å². The summed E-state index contributed by atoms with van der Waals surface area (Å²) in [7, 11) is 0. The maximum atomic E-state index is 11.8. The molecule has 0 aromatic heterocycles. The molecule has 1 aromatic carbocycles. The van der Waals surface area contributed by atoms with E-state index < -0.39 is 0 Å². The molecule has 0 fully saturated rings. The van der Waals surface area contributed by atoms with Gasteiger partial charge in [0.2, 0.25) is 5.91 Å². The van der Waals surface area contributed by atoms with Crippen molar-refractivity contribution in [2.24, 2.45) is 0 Å². The molecule has 0 heterocycles. The van der Waals surface area contributed by atoms with E-state index in [2.05, 4.69) is 47.9 Å². The minimum Gasteiger partial charge on any atom is -0.356 e. The summed E-state index contributed by atoms with van der Waals surface area (Å²) in [4.78, 5) is 11.8. The van der Waals surface area contributed by atoms with E-state index in [-0.39, 0.29) is 5.91 Å². The van der Waals surface area contributed by atoms with Gasteiger partial charge in [-0.15, -0.1) is 0 Å². The van der Waals surface area contributed by atoms with Gasteiger partial charge in [-0.3, -0.25) is 4.79 Å². The van der Waals surface area contributed by atoms with Gasteiger partial charge in [0.05, 0.1) is 0 Å². The van der Waals surface area contributed by atoms with E-state index in [1.807, 2.05) is 0 Å². The van der Waals surface area contributed by atoms with E-state index in [4.69, 9.17) is 0 Å². The topological polar surface area (TPSA) is 41.1 Å². The lowest BCUT2D eigenvalue weighted by Crippen LogP contribution is -2.27. The van der Waals surface area contributed by atoms with Crippen LogP contribution in [-0.4, -0.2) is 25.5 Å². The summed E-state index contributed by atoms with van der Waals surface area (Å²) in [5.41, 5.74) is 1.37. The second kappa shape index (κ2) is 19.0. The predicted molar refractivity (Wildman–Crippen MR) is 122 cm³/mol. The van der Waals surface area contributed by atoms with E-state index >= 15 is 0 Å². The van der Waals surface area contributed by atoms with E-state index in [1.165, 1.54) is 69.8 Å². The highest BCUT2D eigenvalue weighted by Crippen LogP contribution is 2.11. The average Bonchev–Trinajstić information content (AvgIpc) is 2.72. The molecule has 0 bridgehead atoms. The Morgan fingerprint density at radius 2 is 1.32 bits per heavy atom. The van der Waals surface area contributed by atoms with Gasteiger partial charge in [-0.2, -0.15) is 0 Å². The molecular formula is C25H44N2O. The minimum absolute atomic E-state index is 0.222. The molecule has 1 aromatic rings. The summed E-state index contributed by atoms with van der Waals surface area (Å²) in [5.74, 6) is 0.222. The van der Waals surface area contributed by atoms with Crippen LogP contribution in [0.1, 0.15) is 96.0 Å². The highest BCUT2D eigenvalue weighted by molar-refractivity contribution is 5.75. The van der Waals surface area contributed by atoms with Gasteiger partial charge in [-0.1, -0.05) is 101 Å². The Bertz CT molecular complexity index is 461. The van der Waals surface area contributed by atoms with Crippen LogP contribution in [0.4, 0.5) is 0 Å². The smallest absolute Gasteiger partial charge is 0.219 e. The molecule has 1 rings (SSSR count). The van der Waals surface area contributed by atoms with Gasteiger partial charge in [-0.25, -0.2) is 0 Å². The van der Waals surface area contributed by atoms with Gasteiger partial charge < -0.3 is 10.6 Å². The fraction of sp³-hybridized carbons (Fsp3) is 0.720. The maximum absolute atomic E-state index is 11.8. The van der Waals surface area contributed by atoms with Crippen LogP contribution in [0.3, 0.4) is 0 Å². The summed E-state index contributed by atoms with van der Waals surface area (Å²) < 4.78 is 0. The molecule has 160 valence electrons. The number of benzene rings is 1. The molecule has 0 unspecified atom stereocenters. The average molecular weight is 389 g/mol. The molecule has 0 aliphatic heterocycles. The van der Waals surface area contributed by atoms with Gasteiger partial charge in [-0.05, 0) is 37.9 Å². The number of hydrogen-bond donors (Lipinski definition) is 2. The summed E-state index contributed by atoms with van der Waals surface area (Å²) in [6.45, 7) is 5.02. The summed E-state index contributed by atoms with van der Waals surface area (Å²) >= 11 is 0. The number of carbonyl (C=O) groups is 1. The van der Waals surface area contributed by atoms with Crippen LogP contribution in [0.25, 0.3) is 0 Å². The number of nitrogens with one attached hydrogen (secondary N) is 2. The number of amides is 1. The largest absolute Gasteiger partial charge is 0.356 e. The Kier molecular flexibility index (Phi) is 16.7. The molecule has 3 heteroatoms. The van der Waals surface area contributed by atoms with Crippen molar-refractivity contribution in [3.63, 3.8) is 0 Å². The molecule has 1 amide bonds. The van der Waals surface area contributed by atoms with E-state index in [0.717, 1.165) is 38.9 Å². The lowest BCUT2D eigenvalue weighted by Gasteiger charge is -2.07. The van der Waals surface area contributed by atoms with Gasteiger partial charge in [0, 0.05) is 13.0 Å². The molecule has 0 spiro atoms. The molecule has 3 nitrogen and oxygen atoms in total. The van der Waals surface area contributed by atoms with Crippen molar-refractivity contribution in [2.75, 3.05) is 19.6 Å². The summed E-state index contributed by atoms with van der Waals surface area (Å²) in [5, 5.41) is 6.49. The Balaban J connectivity index is 1.77. The first-order valence-electron chi connectivity index (χ1n) is 11.8. The SMILES string of the molecule is CCCCCCCCCCCCCC(=O)NCCCNCCc1ccccc1. The molecule has 28 heavy (non-hydrogen) atoms. The molecule has 0 radical (unpaired) electrons. The first kappa shape index (κ1) is 24.7. The van der Waals surface area contributed by atoms with Gasteiger partial charge in [0.15, 0.2) is 0 Å².